The smallest absolute Gasteiger partial charge is 0.267 e. The molecular weight excluding hydrogens is 352 g/mol. The van der Waals surface area contributed by atoms with Gasteiger partial charge in [-0.25, -0.2) is 4.68 Å². The molecule has 3 rings (SSSR count). The summed E-state index contributed by atoms with van der Waals surface area (Å²) in [5.74, 6) is 0.714. The summed E-state index contributed by atoms with van der Waals surface area (Å²) in [7, 11) is 1.58. The summed E-state index contributed by atoms with van der Waals surface area (Å²) in [6.07, 6.45) is 1.54. The molecule has 0 spiro atoms. The van der Waals surface area contributed by atoms with E-state index in [4.69, 9.17) is 4.74 Å². The molecule has 0 bridgehead atoms. The zero-order valence-electron chi connectivity index (χ0n) is 15.9. The standard InChI is InChI=1S/C22H20N4O2/c1-15-4-8-19(9-5-15)26-21(12-16(2)25-26)24-22(27)18(14-23)13-17-6-10-20(28-3)11-7-17/h4-13H,1-3H3,(H,24,27)/b18-13+. The van der Waals surface area contributed by atoms with E-state index in [1.165, 1.54) is 6.08 Å². The van der Waals surface area contributed by atoms with Gasteiger partial charge in [0.05, 0.1) is 18.5 Å². The Bertz CT molecular complexity index is 1060. The summed E-state index contributed by atoms with van der Waals surface area (Å²) < 4.78 is 6.76. The Morgan fingerprint density at radius 1 is 1.14 bits per heavy atom. The number of aromatic nitrogens is 2. The van der Waals surface area contributed by atoms with Crippen molar-refractivity contribution in [3.05, 3.63) is 77.0 Å². The lowest BCUT2D eigenvalue weighted by Crippen LogP contribution is -2.16. The second-order valence-electron chi connectivity index (χ2n) is 6.32. The Kier molecular flexibility index (Phi) is 5.56. The van der Waals surface area contributed by atoms with Crippen molar-refractivity contribution in [1.82, 2.24) is 9.78 Å². The topological polar surface area (TPSA) is 79.9 Å². The summed E-state index contributed by atoms with van der Waals surface area (Å²) in [5, 5.41) is 16.7. The Morgan fingerprint density at radius 3 is 2.43 bits per heavy atom. The molecule has 0 fully saturated rings. The average molecular weight is 372 g/mol. The Labute approximate surface area is 163 Å². The molecule has 140 valence electrons. The van der Waals surface area contributed by atoms with Crippen LogP contribution in [-0.4, -0.2) is 22.8 Å². The van der Waals surface area contributed by atoms with Crippen LogP contribution in [0.5, 0.6) is 5.75 Å². The molecule has 1 N–H and O–H groups in total. The number of benzene rings is 2. The predicted molar refractivity (Wildman–Crippen MR) is 108 cm³/mol. The minimum Gasteiger partial charge on any atom is -0.497 e. The van der Waals surface area contributed by atoms with E-state index in [1.54, 1.807) is 42.1 Å². The maximum absolute atomic E-state index is 12.7. The Morgan fingerprint density at radius 2 is 1.82 bits per heavy atom. The number of anilines is 1. The van der Waals surface area contributed by atoms with Crippen LogP contribution in [0, 0.1) is 25.2 Å². The molecule has 1 aromatic heterocycles. The summed E-state index contributed by atoms with van der Waals surface area (Å²) in [6, 6.07) is 18.6. The molecule has 2 aromatic carbocycles. The number of nitriles is 1. The molecule has 0 saturated carbocycles. The number of hydrogen-bond donors (Lipinski definition) is 1. The summed E-state index contributed by atoms with van der Waals surface area (Å²) in [6.45, 7) is 3.85. The fourth-order valence-corrected chi connectivity index (χ4v) is 2.67. The van der Waals surface area contributed by atoms with Crippen molar-refractivity contribution in [2.75, 3.05) is 12.4 Å². The van der Waals surface area contributed by atoms with Crippen molar-refractivity contribution >= 4 is 17.8 Å². The fraction of sp³-hybridized carbons (Fsp3) is 0.136. The normalized spacial score (nSPS) is 11.0. The average Bonchev–Trinajstić information content (AvgIpc) is 3.07. The highest BCUT2D eigenvalue weighted by Crippen LogP contribution is 2.19. The first kappa shape index (κ1) is 18.9. The van der Waals surface area contributed by atoms with Crippen molar-refractivity contribution in [3.8, 4) is 17.5 Å². The van der Waals surface area contributed by atoms with E-state index in [1.807, 2.05) is 44.2 Å². The van der Waals surface area contributed by atoms with E-state index in [-0.39, 0.29) is 5.57 Å². The molecule has 1 amide bonds. The van der Waals surface area contributed by atoms with Gasteiger partial charge in [-0.1, -0.05) is 29.8 Å². The molecular formula is C22H20N4O2. The van der Waals surface area contributed by atoms with Gasteiger partial charge in [0.25, 0.3) is 5.91 Å². The summed E-state index contributed by atoms with van der Waals surface area (Å²) in [5.41, 5.74) is 3.45. The van der Waals surface area contributed by atoms with E-state index < -0.39 is 5.91 Å². The lowest BCUT2D eigenvalue weighted by Gasteiger charge is -2.09. The van der Waals surface area contributed by atoms with Crippen LogP contribution >= 0.6 is 0 Å². The summed E-state index contributed by atoms with van der Waals surface area (Å²) in [4.78, 5) is 12.7. The number of hydrogen-bond acceptors (Lipinski definition) is 4. The van der Waals surface area contributed by atoms with Crippen molar-refractivity contribution < 1.29 is 9.53 Å². The lowest BCUT2D eigenvalue weighted by molar-refractivity contribution is -0.112. The van der Waals surface area contributed by atoms with Crippen molar-refractivity contribution in [2.24, 2.45) is 0 Å². The Hall–Kier alpha value is -3.85. The number of ether oxygens (including phenoxy) is 1. The third kappa shape index (κ3) is 4.27. The predicted octanol–water partition coefficient (Wildman–Crippen LogP) is 4.04. The number of nitrogens with zero attached hydrogens (tertiary/aromatic N) is 3. The molecule has 0 aliphatic carbocycles. The van der Waals surface area contributed by atoms with Gasteiger partial charge in [0.1, 0.15) is 23.2 Å². The number of aryl methyl sites for hydroxylation is 2. The lowest BCUT2D eigenvalue weighted by atomic mass is 10.1. The molecule has 6 heteroatoms. The largest absolute Gasteiger partial charge is 0.497 e. The van der Waals surface area contributed by atoms with Crippen molar-refractivity contribution in [2.45, 2.75) is 13.8 Å². The van der Waals surface area contributed by atoms with Crippen molar-refractivity contribution in [1.29, 1.82) is 5.26 Å². The molecule has 1 heterocycles. The van der Waals surface area contributed by atoms with Gasteiger partial charge in [0.15, 0.2) is 0 Å². The van der Waals surface area contributed by atoms with Crippen LogP contribution in [0.4, 0.5) is 5.82 Å². The molecule has 6 nitrogen and oxygen atoms in total. The van der Waals surface area contributed by atoms with E-state index in [9.17, 15) is 10.1 Å². The quantitative estimate of drug-likeness (QED) is 0.541. The molecule has 0 radical (unpaired) electrons. The summed E-state index contributed by atoms with van der Waals surface area (Å²) >= 11 is 0. The van der Waals surface area contributed by atoms with Gasteiger partial charge in [-0.3, -0.25) is 4.79 Å². The second-order valence-corrected chi connectivity index (χ2v) is 6.32. The number of nitrogens with one attached hydrogen (secondary N) is 1. The fourth-order valence-electron chi connectivity index (χ4n) is 2.67. The number of rotatable bonds is 5. The number of methoxy groups -OCH3 is 1. The minimum absolute atomic E-state index is 0.000485. The van der Waals surface area contributed by atoms with E-state index in [0.717, 1.165) is 22.5 Å². The highest BCUT2D eigenvalue weighted by atomic mass is 16.5. The molecule has 0 aliphatic heterocycles. The zero-order chi connectivity index (χ0) is 20.1. The first-order valence-electron chi connectivity index (χ1n) is 8.71. The van der Waals surface area contributed by atoms with Crippen LogP contribution in [0.2, 0.25) is 0 Å². The Balaban J connectivity index is 1.86. The van der Waals surface area contributed by atoms with Crippen LogP contribution in [-0.2, 0) is 4.79 Å². The molecule has 0 unspecified atom stereocenters. The third-order valence-electron chi connectivity index (χ3n) is 4.14. The van der Waals surface area contributed by atoms with Gasteiger partial charge in [-0.2, -0.15) is 10.4 Å². The first-order valence-corrected chi connectivity index (χ1v) is 8.71. The number of amides is 1. The highest BCUT2D eigenvalue weighted by molar-refractivity contribution is 6.09. The van der Waals surface area contributed by atoms with Crippen LogP contribution in [0.15, 0.2) is 60.2 Å². The zero-order valence-corrected chi connectivity index (χ0v) is 15.9. The molecule has 3 aromatic rings. The van der Waals surface area contributed by atoms with E-state index >= 15 is 0 Å². The van der Waals surface area contributed by atoms with Gasteiger partial charge in [0.2, 0.25) is 0 Å². The number of carbonyl (C=O) groups excluding carboxylic acids is 1. The number of carbonyl (C=O) groups is 1. The highest BCUT2D eigenvalue weighted by Gasteiger charge is 2.14. The van der Waals surface area contributed by atoms with Gasteiger partial charge < -0.3 is 10.1 Å². The maximum Gasteiger partial charge on any atom is 0.267 e. The molecule has 0 atom stereocenters. The van der Waals surface area contributed by atoms with Gasteiger partial charge in [-0.05, 0) is 49.8 Å². The van der Waals surface area contributed by atoms with Crippen LogP contribution in [0.3, 0.4) is 0 Å². The third-order valence-corrected chi connectivity index (χ3v) is 4.14. The first-order chi connectivity index (χ1) is 13.5. The van der Waals surface area contributed by atoms with Gasteiger partial charge in [-0.15, -0.1) is 0 Å². The van der Waals surface area contributed by atoms with Gasteiger partial charge >= 0.3 is 0 Å². The SMILES string of the molecule is COc1ccc(/C=C(\C#N)C(=O)Nc2cc(C)nn2-c2ccc(C)cc2)cc1. The van der Waals surface area contributed by atoms with E-state index in [0.29, 0.717) is 11.6 Å². The maximum atomic E-state index is 12.7. The van der Waals surface area contributed by atoms with E-state index in [2.05, 4.69) is 10.4 Å². The molecule has 0 saturated heterocycles. The molecule has 28 heavy (non-hydrogen) atoms. The van der Waals surface area contributed by atoms with Crippen molar-refractivity contribution in [3.63, 3.8) is 0 Å². The second kappa shape index (κ2) is 8.23. The monoisotopic (exact) mass is 372 g/mol. The van der Waals surface area contributed by atoms with Crippen LogP contribution < -0.4 is 10.1 Å². The molecule has 0 aliphatic rings. The van der Waals surface area contributed by atoms with Crippen LogP contribution in [0.25, 0.3) is 11.8 Å². The minimum atomic E-state index is -0.494. The van der Waals surface area contributed by atoms with Crippen LogP contribution in [0.1, 0.15) is 16.8 Å². The van der Waals surface area contributed by atoms with Gasteiger partial charge in [0, 0.05) is 6.07 Å².